The third-order valence-corrected chi connectivity index (χ3v) is 5.44. The Morgan fingerprint density at radius 2 is 1.81 bits per heavy atom. The Hall–Kier alpha value is -0.820. The quantitative estimate of drug-likeness (QED) is 0.853. The summed E-state index contributed by atoms with van der Waals surface area (Å²) < 4.78 is 25.7. The zero-order valence-electron chi connectivity index (χ0n) is 13.7. The van der Waals surface area contributed by atoms with E-state index in [1.807, 2.05) is 6.92 Å². The van der Waals surface area contributed by atoms with Crippen LogP contribution >= 0.6 is 0 Å². The van der Waals surface area contributed by atoms with E-state index >= 15 is 0 Å². The molecule has 1 heterocycles. The second kappa shape index (κ2) is 7.45. The number of nitrogens with zero attached hydrogens (tertiary/aromatic N) is 2. The molecule has 0 unspecified atom stereocenters. The van der Waals surface area contributed by atoms with Crippen LogP contribution < -0.4 is 5.32 Å². The van der Waals surface area contributed by atoms with Crippen molar-refractivity contribution in [2.24, 2.45) is 5.41 Å². The number of urea groups is 1. The second-order valence-corrected chi connectivity index (χ2v) is 8.86. The van der Waals surface area contributed by atoms with Gasteiger partial charge in [-0.2, -0.15) is 0 Å². The Kier molecular flexibility index (Phi) is 6.46. The predicted octanol–water partition coefficient (Wildman–Crippen LogP) is 1.49. The molecular formula is C14H29N3O3S. The fourth-order valence-corrected chi connectivity index (χ4v) is 3.76. The molecule has 6 nitrogen and oxygen atoms in total. The van der Waals surface area contributed by atoms with Gasteiger partial charge in [0.1, 0.15) is 0 Å². The van der Waals surface area contributed by atoms with Gasteiger partial charge >= 0.3 is 6.03 Å². The number of amides is 2. The lowest BCUT2D eigenvalue weighted by atomic mass is 9.97. The first kappa shape index (κ1) is 18.2. The minimum absolute atomic E-state index is 0.0397. The summed E-state index contributed by atoms with van der Waals surface area (Å²) in [5.41, 5.74) is 0.0397. The average molecular weight is 319 g/mol. The van der Waals surface area contributed by atoms with Crippen LogP contribution in [0.1, 0.15) is 40.5 Å². The zero-order chi connectivity index (χ0) is 16.1. The van der Waals surface area contributed by atoms with Crippen LogP contribution in [0.2, 0.25) is 0 Å². The van der Waals surface area contributed by atoms with Crippen molar-refractivity contribution in [2.75, 3.05) is 38.5 Å². The summed E-state index contributed by atoms with van der Waals surface area (Å²) in [6.45, 7) is 10.6. The van der Waals surface area contributed by atoms with Gasteiger partial charge in [-0.05, 0) is 18.3 Å². The summed E-state index contributed by atoms with van der Waals surface area (Å²) in [5, 5.41) is 2.92. The number of hydrogen-bond donors (Lipinski definition) is 1. The van der Waals surface area contributed by atoms with E-state index in [-0.39, 0.29) is 17.2 Å². The Bertz CT molecular complexity index is 443. The van der Waals surface area contributed by atoms with Gasteiger partial charge in [0.15, 0.2) is 0 Å². The third kappa shape index (κ3) is 6.22. The van der Waals surface area contributed by atoms with Gasteiger partial charge in [-0.25, -0.2) is 17.5 Å². The van der Waals surface area contributed by atoms with Gasteiger partial charge in [0, 0.05) is 32.7 Å². The van der Waals surface area contributed by atoms with E-state index < -0.39 is 10.0 Å². The summed E-state index contributed by atoms with van der Waals surface area (Å²) >= 11 is 0. The lowest BCUT2D eigenvalue weighted by Gasteiger charge is -2.25. The highest BCUT2D eigenvalue weighted by Gasteiger charge is 2.26. The minimum Gasteiger partial charge on any atom is -0.337 e. The first-order valence-electron chi connectivity index (χ1n) is 7.66. The summed E-state index contributed by atoms with van der Waals surface area (Å²) in [5.74, 6) is 0.184. The van der Waals surface area contributed by atoms with Crippen LogP contribution in [0.3, 0.4) is 0 Å². The van der Waals surface area contributed by atoms with Crippen LogP contribution in [0.4, 0.5) is 4.79 Å². The van der Waals surface area contributed by atoms with Crippen molar-refractivity contribution in [3.63, 3.8) is 0 Å². The van der Waals surface area contributed by atoms with Crippen molar-refractivity contribution in [3.05, 3.63) is 0 Å². The van der Waals surface area contributed by atoms with Crippen molar-refractivity contribution in [1.82, 2.24) is 14.5 Å². The van der Waals surface area contributed by atoms with Gasteiger partial charge in [-0.3, -0.25) is 0 Å². The molecule has 1 aliphatic rings. The molecule has 1 rings (SSSR count). The number of hydrogen-bond acceptors (Lipinski definition) is 3. The molecular weight excluding hydrogens is 290 g/mol. The summed E-state index contributed by atoms with van der Waals surface area (Å²) in [4.78, 5) is 13.8. The number of rotatable bonds is 4. The van der Waals surface area contributed by atoms with Crippen LogP contribution in [0, 0.1) is 5.41 Å². The molecule has 1 saturated heterocycles. The van der Waals surface area contributed by atoms with Gasteiger partial charge in [0.25, 0.3) is 0 Å². The lowest BCUT2D eigenvalue weighted by molar-refractivity contribution is 0.195. The highest BCUT2D eigenvalue weighted by Crippen LogP contribution is 2.12. The maximum Gasteiger partial charge on any atom is 0.317 e. The van der Waals surface area contributed by atoms with Gasteiger partial charge < -0.3 is 10.2 Å². The van der Waals surface area contributed by atoms with Crippen LogP contribution in [0.5, 0.6) is 0 Å². The molecule has 0 aromatic rings. The van der Waals surface area contributed by atoms with Crippen LogP contribution in [0.15, 0.2) is 0 Å². The summed E-state index contributed by atoms with van der Waals surface area (Å²) in [6, 6.07) is -0.0975. The molecule has 1 aliphatic heterocycles. The molecule has 7 heteroatoms. The standard InChI is InChI=1S/C14H29N3O3S/c1-5-11-21(19,20)17-8-6-7-16(9-10-17)13(18)15-12-14(2,3)4/h5-12H2,1-4H3,(H,15,18). The Morgan fingerprint density at radius 3 is 2.38 bits per heavy atom. The van der Waals surface area contributed by atoms with Crippen LogP contribution in [0.25, 0.3) is 0 Å². The Morgan fingerprint density at radius 1 is 1.14 bits per heavy atom. The molecule has 0 bridgehead atoms. The van der Waals surface area contributed by atoms with Gasteiger partial charge in [0.2, 0.25) is 10.0 Å². The topological polar surface area (TPSA) is 69.7 Å². The van der Waals surface area contributed by atoms with Gasteiger partial charge in [-0.15, -0.1) is 0 Å². The van der Waals surface area contributed by atoms with Gasteiger partial charge in [-0.1, -0.05) is 27.7 Å². The number of sulfonamides is 1. The van der Waals surface area contributed by atoms with Crippen molar-refractivity contribution < 1.29 is 13.2 Å². The van der Waals surface area contributed by atoms with Crippen molar-refractivity contribution in [2.45, 2.75) is 40.5 Å². The highest BCUT2D eigenvalue weighted by atomic mass is 32.2. The SMILES string of the molecule is CCCS(=O)(=O)N1CCCN(C(=O)NCC(C)(C)C)CC1. The van der Waals surface area contributed by atoms with E-state index in [0.717, 1.165) is 0 Å². The first-order valence-corrected chi connectivity index (χ1v) is 9.27. The number of carbonyl (C=O) groups excluding carboxylic acids is 1. The molecule has 124 valence electrons. The smallest absolute Gasteiger partial charge is 0.317 e. The third-order valence-electron chi connectivity index (χ3n) is 3.37. The van der Waals surface area contributed by atoms with Crippen LogP contribution in [-0.4, -0.2) is 62.1 Å². The van der Waals surface area contributed by atoms with E-state index in [2.05, 4.69) is 26.1 Å². The monoisotopic (exact) mass is 319 g/mol. The molecule has 0 radical (unpaired) electrons. The first-order chi connectivity index (χ1) is 9.65. The Balaban J connectivity index is 2.54. The summed E-state index contributed by atoms with van der Waals surface area (Å²) in [6.07, 6.45) is 1.31. The molecule has 0 aliphatic carbocycles. The van der Waals surface area contributed by atoms with E-state index in [1.165, 1.54) is 4.31 Å². The highest BCUT2D eigenvalue weighted by molar-refractivity contribution is 7.89. The van der Waals surface area contributed by atoms with Crippen LogP contribution in [-0.2, 0) is 10.0 Å². The van der Waals surface area contributed by atoms with Crippen molar-refractivity contribution >= 4 is 16.1 Å². The summed E-state index contributed by atoms with van der Waals surface area (Å²) in [7, 11) is -3.17. The molecule has 1 fully saturated rings. The lowest BCUT2D eigenvalue weighted by Crippen LogP contribution is -2.45. The Labute approximate surface area is 128 Å². The molecule has 0 aromatic carbocycles. The molecule has 0 aromatic heterocycles. The molecule has 0 spiro atoms. The molecule has 21 heavy (non-hydrogen) atoms. The van der Waals surface area contributed by atoms with E-state index in [0.29, 0.717) is 45.6 Å². The fraction of sp³-hybridized carbons (Fsp3) is 0.929. The molecule has 0 saturated carbocycles. The number of nitrogens with one attached hydrogen (secondary N) is 1. The fourth-order valence-electron chi connectivity index (χ4n) is 2.21. The van der Waals surface area contributed by atoms with E-state index in [4.69, 9.17) is 0 Å². The molecule has 0 atom stereocenters. The number of carbonyl (C=O) groups is 1. The maximum atomic E-state index is 12.1. The van der Waals surface area contributed by atoms with Crippen molar-refractivity contribution in [1.29, 1.82) is 0 Å². The van der Waals surface area contributed by atoms with E-state index in [1.54, 1.807) is 4.90 Å². The molecule has 2 amide bonds. The normalized spacial score (nSPS) is 18.4. The van der Waals surface area contributed by atoms with Crippen molar-refractivity contribution in [3.8, 4) is 0 Å². The average Bonchev–Trinajstić information content (AvgIpc) is 2.61. The molecule has 1 N–H and O–H groups in total. The van der Waals surface area contributed by atoms with Gasteiger partial charge in [0.05, 0.1) is 5.75 Å². The minimum atomic E-state index is -3.17. The second-order valence-electron chi connectivity index (χ2n) is 6.78. The maximum absolute atomic E-state index is 12.1. The largest absolute Gasteiger partial charge is 0.337 e. The predicted molar refractivity (Wildman–Crippen MR) is 84.7 cm³/mol. The zero-order valence-corrected chi connectivity index (χ0v) is 14.5. The van der Waals surface area contributed by atoms with E-state index in [9.17, 15) is 13.2 Å².